The predicted octanol–water partition coefficient (Wildman–Crippen LogP) is 1.74. The second kappa shape index (κ2) is 6.52. The Morgan fingerprint density at radius 2 is 1.68 bits per heavy atom. The quantitative estimate of drug-likeness (QED) is 0.756. The van der Waals surface area contributed by atoms with Gasteiger partial charge in [-0.05, 0) is 35.9 Å². The van der Waals surface area contributed by atoms with Crippen LogP contribution in [0, 0.1) is 0 Å². The predicted molar refractivity (Wildman–Crippen MR) is 84.1 cm³/mol. The number of nitrogens with one attached hydrogen (secondary N) is 1. The van der Waals surface area contributed by atoms with E-state index < -0.39 is 17.8 Å². The summed E-state index contributed by atoms with van der Waals surface area (Å²) < 4.78 is 10.4. The minimum Gasteiger partial charge on any atom is -0.478 e. The summed E-state index contributed by atoms with van der Waals surface area (Å²) in [5.41, 5.74) is 0.0580. The summed E-state index contributed by atoms with van der Waals surface area (Å²) in [7, 11) is 0. The summed E-state index contributed by atoms with van der Waals surface area (Å²) in [6.45, 7) is 0.290. The van der Waals surface area contributed by atoms with Crippen molar-refractivity contribution in [2.45, 2.75) is 6.54 Å². The fraction of sp³-hybridized carbons (Fsp3) is 0.118. The number of aromatic carboxylic acids is 2. The molecule has 0 saturated heterocycles. The van der Waals surface area contributed by atoms with E-state index in [-0.39, 0.29) is 30.0 Å². The average molecular weight is 343 g/mol. The molecule has 0 spiro atoms. The van der Waals surface area contributed by atoms with Crippen LogP contribution in [0.5, 0.6) is 11.5 Å². The van der Waals surface area contributed by atoms with Gasteiger partial charge in [0.05, 0.1) is 16.7 Å². The minimum atomic E-state index is -1.38. The van der Waals surface area contributed by atoms with Gasteiger partial charge in [-0.1, -0.05) is 6.07 Å². The molecule has 0 fully saturated rings. The summed E-state index contributed by atoms with van der Waals surface area (Å²) in [6, 6.07) is 8.51. The second-order valence-corrected chi connectivity index (χ2v) is 5.24. The smallest absolute Gasteiger partial charge is 0.336 e. The Hall–Kier alpha value is -3.55. The molecule has 1 amide bonds. The average Bonchev–Trinajstić information content (AvgIpc) is 3.06. The van der Waals surface area contributed by atoms with Crippen LogP contribution in [0.1, 0.15) is 36.6 Å². The molecule has 0 unspecified atom stereocenters. The van der Waals surface area contributed by atoms with Crippen molar-refractivity contribution in [1.29, 1.82) is 0 Å². The lowest BCUT2D eigenvalue weighted by Gasteiger charge is -2.09. The van der Waals surface area contributed by atoms with Crippen molar-refractivity contribution in [2.75, 3.05) is 6.79 Å². The van der Waals surface area contributed by atoms with Crippen LogP contribution in [0.2, 0.25) is 0 Å². The third-order valence-corrected chi connectivity index (χ3v) is 3.63. The van der Waals surface area contributed by atoms with Crippen molar-refractivity contribution < 1.29 is 34.1 Å². The number of rotatable bonds is 5. The summed E-state index contributed by atoms with van der Waals surface area (Å²) in [6.07, 6.45) is 0. The maximum atomic E-state index is 12.3. The van der Waals surface area contributed by atoms with Crippen molar-refractivity contribution in [3.63, 3.8) is 0 Å². The number of fused-ring (bicyclic) bond motifs is 1. The lowest BCUT2D eigenvalue weighted by atomic mass is 10.0. The van der Waals surface area contributed by atoms with Gasteiger partial charge in [0.25, 0.3) is 5.91 Å². The Balaban J connectivity index is 1.77. The van der Waals surface area contributed by atoms with Gasteiger partial charge in [-0.2, -0.15) is 0 Å². The van der Waals surface area contributed by atoms with Crippen LogP contribution < -0.4 is 14.8 Å². The van der Waals surface area contributed by atoms with Crippen molar-refractivity contribution >= 4 is 17.8 Å². The van der Waals surface area contributed by atoms with E-state index in [1.807, 2.05) is 0 Å². The molecule has 1 aliphatic heterocycles. The van der Waals surface area contributed by atoms with E-state index in [1.54, 1.807) is 18.2 Å². The van der Waals surface area contributed by atoms with Crippen LogP contribution in [0.25, 0.3) is 0 Å². The second-order valence-electron chi connectivity index (χ2n) is 5.24. The maximum Gasteiger partial charge on any atom is 0.336 e. The lowest BCUT2D eigenvalue weighted by molar-refractivity contribution is 0.0690. The number of carbonyl (C=O) groups is 3. The van der Waals surface area contributed by atoms with Gasteiger partial charge >= 0.3 is 11.9 Å². The van der Waals surface area contributed by atoms with Crippen LogP contribution in [-0.4, -0.2) is 34.9 Å². The standard InChI is InChI=1S/C17H13NO7/c19-15(11-3-2-10(16(20)21)6-12(11)17(22)23)18-7-9-1-4-13-14(5-9)25-8-24-13/h1-6H,7-8H2,(H,18,19)(H,20,21)(H,22,23). The first-order valence-corrected chi connectivity index (χ1v) is 7.23. The van der Waals surface area contributed by atoms with Gasteiger partial charge in [0.2, 0.25) is 6.79 Å². The maximum absolute atomic E-state index is 12.3. The molecule has 2 aromatic carbocycles. The highest BCUT2D eigenvalue weighted by atomic mass is 16.7. The first kappa shape index (κ1) is 16.3. The molecule has 0 aromatic heterocycles. The van der Waals surface area contributed by atoms with Crippen molar-refractivity contribution in [3.05, 3.63) is 58.7 Å². The molecule has 8 nitrogen and oxygen atoms in total. The summed E-state index contributed by atoms with van der Waals surface area (Å²) in [5.74, 6) is -2.07. The van der Waals surface area contributed by atoms with Gasteiger partial charge < -0.3 is 25.0 Å². The molecule has 1 aliphatic rings. The lowest BCUT2D eigenvalue weighted by Crippen LogP contribution is -2.25. The van der Waals surface area contributed by atoms with Crippen LogP contribution in [0.15, 0.2) is 36.4 Å². The number of hydrogen-bond acceptors (Lipinski definition) is 5. The van der Waals surface area contributed by atoms with E-state index in [0.29, 0.717) is 11.5 Å². The van der Waals surface area contributed by atoms with Gasteiger partial charge in [0.15, 0.2) is 11.5 Å². The van der Waals surface area contributed by atoms with Crippen molar-refractivity contribution in [3.8, 4) is 11.5 Å². The monoisotopic (exact) mass is 343 g/mol. The molecule has 0 radical (unpaired) electrons. The number of ether oxygens (including phenoxy) is 2. The van der Waals surface area contributed by atoms with E-state index >= 15 is 0 Å². The SMILES string of the molecule is O=C(O)c1ccc(C(=O)NCc2ccc3c(c2)OCO3)c(C(=O)O)c1. The number of carboxylic acid groups (broad SMARTS) is 2. The van der Waals surface area contributed by atoms with Crippen LogP contribution in [0.3, 0.4) is 0 Å². The molecular formula is C17H13NO7. The molecule has 0 bridgehead atoms. The first-order valence-electron chi connectivity index (χ1n) is 7.23. The summed E-state index contributed by atoms with van der Waals surface area (Å²) >= 11 is 0. The number of amides is 1. The van der Waals surface area contributed by atoms with E-state index in [1.165, 1.54) is 12.1 Å². The Kier molecular flexibility index (Phi) is 4.25. The molecule has 8 heteroatoms. The molecule has 3 rings (SSSR count). The fourth-order valence-electron chi connectivity index (χ4n) is 2.38. The normalized spacial score (nSPS) is 11.8. The summed E-state index contributed by atoms with van der Waals surface area (Å²) in [4.78, 5) is 34.5. The Bertz CT molecular complexity index is 875. The zero-order chi connectivity index (χ0) is 18.0. The van der Waals surface area contributed by atoms with Gasteiger partial charge in [0, 0.05) is 6.54 Å². The topological polar surface area (TPSA) is 122 Å². The first-order chi connectivity index (χ1) is 12.0. The highest BCUT2D eigenvalue weighted by Crippen LogP contribution is 2.32. The third-order valence-electron chi connectivity index (χ3n) is 3.63. The highest BCUT2D eigenvalue weighted by Gasteiger charge is 2.19. The zero-order valence-corrected chi connectivity index (χ0v) is 12.8. The zero-order valence-electron chi connectivity index (χ0n) is 12.8. The van der Waals surface area contributed by atoms with Crippen LogP contribution in [-0.2, 0) is 6.54 Å². The van der Waals surface area contributed by atoms with E-state index in [9.17, 15) is 19.5 Å². The highest BCUT2D eigenvalue weighted by molar-refractivity contribution is 6.06. The molecular weight excluding hydrogens is 330 g/mol. The van der Waals surface area contributed by atoms with Gasteiger partial charge in [0.1, 0.15) is 0 Å². The fourth-order valence-corrected chi connectivity index (χ4v) is 2.38. The Morgan fingerprint density at radius 1 is 0.920 bits per heavy atom. The molecule has 3 N–H and O–H groups in total. The summed E-state index contributed by atoms with van der Waals surface area (Å²) in [5, 5.41) is 20.7. The molecule has 128 valence electrons. The molecule has 2 aromatic rings. The minimum absolute atomic E-state index is 0.113. The van der Waals surface area contributed by atoms with E-state index in [4.69, 9.17) is 14.6 Å². The third kappa shape index (κ3) is 3.37. The Labute approximate surface area is 141 Å². The molecule has 25 heavy (non-hydrogen) atoms. The number of carboxylic acids is 2. The van der Waals surface area contributed by atoms with Crippen molar-refractivity contribution in [1.82, 2.24) is 5.32 Å². The molecule has 0 atom stereocenters. The molecule has 1 heterocycles. The van der Waals surface area contributed by atoms with Gasteiger partial charge in [-0.15, -0.1) is 0 Å². The van der Waals surface area contributed by atoms with Gasteiger partial charge in [-0.3, -0.25) is 4.79 Å². The largest absolute Gasteiger partial charge is 0.478 e. The number of benzene rings is 2. The van der Waals surface area contributed by atoms with E-state index in [0.717, 1.165) is 11.6 Å². The Morgan fingerprint density at radius 3 is 2.40 bits per heavy atom. The molecule has 0 aliphatic carbocycles. The number of carbonyl (C=O) groups excluding carboxylic acids is 1. The van der Waals surface area contributed by atoms with Gasteiger partial charge in [-0.25, -0.2) is 9.59 Å². The van der Waals surface area contributed by atoms with Crippen LogP contribution in [0.4, 0.5) is 0 Å². The van der Waals surface area contributed by atoms with Crippen LogP contribution >= 0.6 is 0 Å². The number of hydrogen-bond donors (Lipinski definition) is 3. The van der Waals surface area contributed by atoms with E-state index in [2.05, 4.69) is 5.32 Å². The van der Waals surface area contributed by atoms with Crippen molar-refractivity contribution in [2.24, 2.45) is 0 Å². The molecule has 0 saturated carbocycles.